The first kappa shape index (κ1) is 23.6. The van der Waals surface area contributed by atoms with Gasteiger partial charge >= 0.3 is 161 Å². The van der Waals surface area contributed by atoms with E-state index >= 15 is 0 Å². The summed E-state index contributed by atoms with van der Waals surface area (Å²) in [6.07, 6.45) is 14.0. The van der Waals surface area contributed by atoms with Crippen LogP contribution in [0.1, 0.15) is 90.9 Å². The predicted molar refractivity (Wildman–Crippen MR) is 115 cm³/mol. The third-order valence-corrected chi connectivity index (χ3v) is 8.23. The maximum absolute atomic E-state index is 11.3. The van der Waals surface area contributed by atoms with Gasteiger partial charge in [-0.15, -0.1) is 0 Å². The molecule has 0 aromatic heterocycles. The monoisotopic (exact) mass is 384 g/mol. The average Bonchev–Trinajstić information content (AvgIpc) is 2.65. The molecule has 0 saturated carbocycles. The van der Waals surface area contributed by atoms with Gasteiger partial charge in [0.15, 0.2) is 0 Å². The van der Waals surface area contributed by atoms with Gasteiger partial charge in [0.25, 0.3) is 0 Å². The molecule has 1 rings (SSSR count). The third-order valence-electron chi connectivity index (χ3n) is 5.05. The minimum atomic E-state index is -4.26. The summed E-state index contributed by atoms with van der Waals surface area (Å²) in [7, 11) is -4.26. The van der Waals surface area contributed by atoms with Crippen molar-refractivity contribution < 1.29 is 14.3 Å². The van der Waals surface area contributed by atoms with Gasteiger partial charge in [-0.1, -0.05) is 0 Å². The molecule has 0 fully saturated rings. The average molecular weight is 385 g/mol. The summed E-state index contributed by atoms with van der Waals surface area (Å²) in [4.78, 5) is 22.5. The van der Waals surface area contributed by atoms with Crippen LogP contribution in [-0.2, 0) is 4.52 Å². The molecule has 4 heteroatoms. The van der Waals surface area contributed by atoms with Crippen molar-refractivity contribution in [1.82, 2.24) is 0 Å². The molecule has 0 aliphatic carbocycles. The molecule has 2 N–H and O–H groups in total. The Hall–Kier alpha value is -0.470. The number of benzene rings is 1. The van der Waals surface area contributed by atoms with Gasteiger partial charge in [0.1, 0.15) is 0 Å². The van der Waals surface area contributed by atoms with Crippen molar-refractivity contribution in [2.45, 2.75) is 90.9 Å². The molecule has 0 radical (unpaired) electrons. The second kappa shape index (κ2) is 12.8. The van der Waals surface area contributed by atoms with Gasteiger partial charge in [0, 0.05) is 0 Å². The van der Waals surface area contributed by atoms with Gasteiger partial charge in [0.2, 0.25) is 0 Å². The Morgan fingerprint density at radius 3 is 1.77 bits per heavy atom. The SMILES string of the molecule is CCCCCCCCOP(O)(O)(CCCCCCCC)c1ccccc1. The van der Waals surface area contributed by atoms with Crippen LogP contribution in [0.4, 0.5) is 0 Å². The van der Waals surface area contributed by atoms with E-state index in [1.54, 1.807) is 12.1 Å². The van der Waals surface area contributed by atoms with Crippen LogP contribution in [0, 0.1) is 0 Å². The van der Waals surface area contributed by atoms with E-state index < -0.39 is 7.28 Å². The molecular formula is C22H41O3P. The van der Waals surface area contributed by atoms with Crippen LogP contribution in [0.3, 0.4) is 0 Å². The number of unbranched alkanes of at least 4 members (excludes halogenated alkanes) is 10. The van der Waals surface area contributed by atoms with E-state index in [9.17, 15) is 9.79 Å². The van der Waals surface area contributed by atoms with Crippen molar-refractivity contribution >= 4 is 12.6 Å². The topological polar surface area (TPSA) is 49.7 Å². The van der Waals surface area contributed by atoms with Crippen molar-refractivity contribution in [3.63, 3.8) is 0 Å². The van der Waals surface area contributed by atoms with Crippen LogP contribution in [0.2, 0.25) is 0 Å². The van der Waals surface area contributed by atoms with Gasteiger partial charge in [-0.3, -0.25) is 0 Å². The molecular weight excluding hydrogens is 343 g/mol. The zero-order chi connectivity index (χ0) is 19.2. The van der Waals surface area contributed by atoms with Crippen molar-refractivity contribution in [2.24, 2.45) is 0 Å². The van der Waals surface area contributed by atoms with Crippen molar-refractivity contribution in [3.05, 3.63) is 30.3 Å². The van der Waals surface area contributed by atoms with Gasteiger partial charge in [0.05, 0.1) is 0 Å². The fourth-order valence-corrected chi connectivity index (χ4v) is 5.93. The third kappa shape index (κ3) is 8.95. The standard InChI is InChI=1S/C22H41O3P/c1-3-5-7-9-11-16-20-25-26(23,24,22-18-14-13-15-19-22)21-17-12-10-8-6-4-2/h13-15,18-19,23-24H,3-12,16-17,20-21H2,1-2H3. The van der Waals surface area contributed by atoms with Crippen LogP contribution >= 0.6 is 7.28 Å². The Balaban J connectivity index is 2.53. The first-order valence-electron chi connectivity index (χ1n) is 10.7. The van der Waals surface area contributed by atoms with Crippen molar-refractivity contribution in [3.8, 4) is 0 Å². The van der Waals surface area contributed by atoms with Crippen LogP contribution < -0.4 is 5.30 Å². The molecule has 1 aromatic carbocycles. The molecule has 0 aliphatic heterocycles. The van der Waals surface area contributed by atoms with Crippen LogP contribution in [0.15, 0.2) is 30.3 Å². The summed E-state index contributed by atoms with van der Waals surface area (Å²) < 4.78 is 5.88. The van der Waals surface area contributed by atoms with E-state index in [1.807, 2.05) is 18.2 Å². The predicted octanol–water partition coefficient (Wildman–Crippen LogP) is 6.33. The first-order chi connectivity index (χ1) is 12.5. The second-order valence-corrected chi connectivity index (χ2v) is 11.0. The molecule has 0 heterocycles. The van der Waals surface area contributed by atoms with E-state index in [4.69, 9.17) is 4.52 Å². The fraction of sp³-hybridized carbons (Fsp3) is 0.727. The quantitative estimate of drug-likeness (QED) is 0.258. The van der Waals surface area contributed by atoms with Gasteiger partial charge < -0.3 is 0 Å². The van der Waals surface area contributed by atoms with Crippen LogP contribution in [-0.4, -0.2) is 22.6 Å². The molecule has 0 aliphatic rings. The molecule has 3 nitrogen and oxygen atoms in total. The molecule has 1 aromatic rings. The van der Waals surface area contributed by atoms with Crippen LogP contribution in [0.5, 0.6) is 0 Å². The molecule has 0 spiro atoms. The van der Waals surface area contributed by atoms with E-state index in [0.29, 0.717) is 18.1 Å². The van der Waals surface area contributed by atoms with E-state index in [2.05, 4.69) is 13.8 Å². The summed E-state index contributed by atoms with van der Waals surface area (Å²) in [5, 5.41) is 0.568. The Morgan fingerprint density at radius 1 is 0.692 bits per heavy atom. The zero-order valence-corrected chi connectivity index (χ0v) is 17.9. The molecule has 0 saturated heterocycles. The molecule has 0 amide bonds. The molecule has 26 heavy (non-hydrogen) atoms. The number of hydrogen-bond donors (Lipinski definition) is 2. The summed E-state index contributed by atoms with van der Waals surface area (Å²) in [5.41, 5.74) is 0. The zero-order valence-electron chi connectivity index (χ0n) is 17.0. The van der Waals surface area contributed by atoms with Gasteiger partial charge in [-0.2, -0.15) is 0 Å². The molecule has 0 bridgehead atoms. The second-order valence-electron chi connectivity index (χ2n) is 7.54. The van der Waals surface area contributed by atoms with E-state index in [1.165, 1.54) is 44.9 Å². The first-order valence-corrected chi connectivity index (χ1v) is 13.0. The summed E-state index contributed by atoms with van der Waals surface area (Å²) >= 11 is 0. The fourth-order valence-electron chi connectivity index (χ4n) is 3.31. The number of hydrogen-bond acceptors (Lipinski definition) is 3. The summed E-state index contributed by atoms with van der Waals surface area (Å²) in [6.45, 7) is 4.85. The Labute approximate surface area is 161 Å². The van der Waals surface area contributed by atoms with E-state index in [-0.39, 0.29) is 0 Å². The number of rotatable bonds is 16. The Kier molecular flexibility index (Phi) is 11.6. The Morgan fingerprint density at radius 2 is 1.19 bits per heavy atom. The maximum atomic E-state index is 11.3. The van der Waals surface area contributed by atoms with E-state index in [0.717, 1.165) is 32.1 Å². The van der Waals surface area contributed by atoms with Crippen molar-refractivity contribution in [1.29, 1.82) is 0 Å². The molecule has 152 valence electrons. The van der Waals surface area contributed by atoms with Gasteiger partial charge in [-0.05, 0) is 0 Å². The van der Waals surface area contributed by atoms with Gasteiger partial charge in [-0.25, -0.2) is 0 Å². The molecule has 0 unspecified atom stereocenters. The van der Waals surface area contributed by atoms with Crippen molar-refractivity contribution in [2.75, 3.05) is 12.8 Å². The molecule has 0 atom stereocenters. The Bertz CT molecular complexity index is 462. The minimum absolute atomic E-state index is 0.345. The van der Waals surface area contributed by atoms with Crippen LogP contribution in [0.25, 0.3) is 0 Å². The normalized spacial score (nSPS) is 13.5. The summed E-state index contributed by atoms with van der Waals surface area (Å²) in [5.74, 6) is 0. The summed E-state index contributed by atoms with van der Waals surface area (Å²) in [6, 6.07) is 9.22.